The van der Waals surface area contributed by atoms with Crippen molar-refractivity contribution >= 4 is 24.0 Å². The highest BCUT2D eigenvalue weighted by Gasteiger charge is 2.35. The summed E-state index contributed by atoms with van der Waals surface area (Å²) in [5, 5.41) is 2.44. The topological polar surface area (TPSA) is 75.7 Å². The zero-order valence-electron chi connectivity index (χ0n) is 11.2. The van der Waals surface area contributed by atoms with Crippen LogP contribution in [-0.2, 0) is 14.3 Å². The van der Waals surface area contributed by atoms with Gasteiger partial charge in [0, 0.05) is 0 Å². The monoisotopic (exact) mass is 274 g/mol. The SMILES string of the molecule is COC(=O)CN1C(=O)N/C(=C/c2cccc(C)c2)C1=O. The second kappa shape index (κ2) is 5.56. The van der Waals surface area contributed by atoms with Gasteiger partial charge in [-0.1, -0.05) is 29.8 Å². The lowest BCUT2D eigenvalue weighted by molar-refractivity contribution is -0.143. The molecule has 1 heterocycles. The minimum atomic E-state index is -0.648. The van der Waals surface area contributed by atoms with Gasteiger partial charge in [0.1, 0.15) is 12.2 Å². The molecule has 0 radical (unpaired) electrons. The molecule has 0 aromatic heterocycles. The summed E-state index contributed by atoms with van der Waals surface area (Å²) in [4.78, 5) is 35.6. The first kappa shape index (κ1) is 13.8. The lowest BCUT2D eigenvalue weighted by Crippen LogP contribution is -2.36. The summed E-state index contributed by atoms with van der Waals surface area (Å²) in [5.74, 6) is -1.19. The van der Waals surface area contributed by atoms with E-state index in [1.54, 1.807) is 6.08 Å². The average molecular weight is 274 g/mol. The van der Waals surface area contributed by atoms with E-state index in [1.165, 1.54) is 7.11 Å². The lowest BCUT2D eigenvalue weighted by atomic mass is 10.1. The number of hydrogen-bond donors (Lipinski definition) is 1. The van der Waals surface area contributed by atoms with Crippen molar-refractivity contribution in [2.45, 2.75) is 6.92 Å². The number of amides is 3. The van der Waals surface area contributed by atoms with E-state index < -0.39 is 24.5 Å². The third-order valence-electron chi connectivity index (χ3n) is 2.83. The van der Waals surface area contributed by atoms with Gasteiger partial charge in [-0.05, 0) is 18.6 Å². The van der Waals surface area contributed by atoms with Gasteiger partial charge in [0.2, 0.25) is 0 Å². The molecule has 0 bridgehead atoms. The summed E-state index contributed by atoms with van der Waals surface area (Å²) in [6.45, 7) is 1.53. The lowest BCUT2D eigenvalue weighted by Gasteiger charge is -2.08. The molecule has 104 valence electrons. The molecule has 6 nitrogen and oxygen atoms in total. The highest BCUT2D eigenvalue weighted by molar-refractivity contribution is 6.15. The standard InChI is InChI=1S/C14H14N2O4/c1-9-4-3-5-10(6-9)7-11-13(18)16(14(19)15-11)8-12(17)20-2/h3-7H,8H2,1-2H3,(H,15,19)/b11-7+. The molecule has 0 saturated carbocycles. The van der Waals surface area contributed by atoms with E-state index in [-0.39, 0.29) is 5.70 Å². The Morgan fingerprint density at radius 1 is 1.40 bits per heavy atom. The maximum Gasteiger partial charge on any atom is 0.329 e. The van der Waals surface area contributed by atoms with E-state index in [2.05, 4.69) is 10.1 Å². The van der Waals surface area contributed by atoms with Crippen molar-refractivity contribution in [1.82, 2.24) is 10.2 Å². The fourth-order valence-corrected chi connectivity index (χ4v) is 1.84. The number of carbonyl (C=O) groups is 3. The second-order valence-corrected chi connectivity index (χ2v) is 4.37. The summed E-state index contributed by atoms with van der Waals surface area (Å²) in [6.07, 6.45) is 1.57. The van der Waals surface area contributed by atoms with E-state index >= 15 is 0 Å². The number of benzene rings is 1. The molecule has 0 spiro atoms. The Kier molecular flexibility index (Phi) is 3.84. The van der Waals surface area contributed by atoms with Gasteiger partial charge in [0.05, 0.1) is 7.11 Å². The number of rotatable bonds is 3. The minimum absolute atomic E-state index is 0.143. The fourth-order valence-electron chi connectivity index (χ4n) is 1.84. The summed E-state index contributed by atoms with van der Waals surface area (Å²) in [7, 11) is 1.20. The number of carbonyl (C=O) groups excluding carboxylic acids is 3. The summed E-state index contributed by atoms with van der Waals surface area (Å²) in [5.41, 5.74) is 1.99. The van der Waals surface area contributed by atoms with E-state index in [4.69, 9.17) is 0 Å². The Balaban J connectivity index is 2.21. The van der Waals surface area contributed by atoms with Crippen molar-refractivity contribution in [3.05, 3.63) is 41.1 Å². The van der Waals surface area contributed by atoms with Gasteiger partial charge in [0.15, 0.2) is 0 Å². The number of nitrogens with zero attached hydrogens (tertiary/aromatic N) is 1. The number of ether oxygens (including phenoxy) is 1. The highest BCUT2D eigenvalue weighted by atomic mass is 16.5. The first-order valence-corrected chi connectivity index (χ1v) is 5.99. The third kappa shape index (κ3) is 2.85. The van der Waals surface area contributed by atoms with Crippen molar-refractivity contribution in [2.75, 3.05) is 13.7 Å². The first-order valence-electron chi connectivity index (χ1n) is 5.99. The largest absolute Gasteiger partial charge is 0.468 e. The molecule has 1 saturated heterocycles. The smallest absolute Gasteiger partial charge is 0.329 e. The summed E-state index contributed by atoms with van der Waals surface area (Å²) in [6, 6.07) is 6.87. The molecule has 0 aliphatic carbocycles. The first-order chi connectivity index (χ1) is 9.51. The van der Waals surface area contributed by atoms with Crippen LogP contribution in [0.15, 0.2) is 30.0 Å². The molecule has 1 fully saturated rings. The molecular weight excluding hydrogens is 260 g/mol. The van der Waals surface area contributed by atoms with Crippen molar-refractivity contribution in [1.29, 1.82) is 0 Å². The molecule has 1 aliphatic rings. The van der Waals surface area contributed by atoms with Crippen LogP contribution in [0.2, 0.25) is 0 Å². The maximum absolute atomic E-state index is 12.0. The predicted molar refractivity (Wildman–Crippen MR) is 71.4 cm³/mol. The van der Waals surface area contributed by atoms with Gasteiger partial charge in [-0.2, -0.15) is 0 Å². The van der Waals surface area contributed by atoms with Crippen molar-refractivity contribution in [2.24, 2.45) is 0 Å². The van der Waals surface area contributed by atoms with E-state index in [0.717, 1.165) is 16.0 Å². The molecule has 2 rings (SSSR count). The number of methoxy groups -OCH3 is 1. The minimum Gasteiger partial charge on any atom is -0.468 e. The van der Waals surface area contributed by atoms with Crippen molar-refractivity contribution < 1.29 is 19.1 Å². The van der Waals surface area contributed by atoms with Crippen LogP contribution in [0.3, 0.4) is 0 Å². The highest BCUT2D eigenvalue weighted by Crippen LogP contribution is 2.14. The van der Waals surface area contributed by atoms with Crippen LogP contribution in [0.4, 0.5) is 4.79 Å². The summed E-state index contributed by atoms with van der Waals surface area (Å²) < 4.78 is 4.45. The van der Waals surface area contributed by atoms with Crippen molar-refractivity contribution in [3.8, 4) is 0 Å². The van der Waals surface area contributed by atoms with Crippen LogP contribution in [0.1, 0.15) is 11.1 Å². The molecule has 0 atom stereocenters. The number of esters is 1. The van der Waals surface area contributed by atoms with Gasteiger partial charge >= 0.3 is 12.0 Å². The van der Waals surface area contributed by atoms with Gasteiger partial charge in [-0.25, -0.2) is 9.69 Å². The van der Waals surface area contributed by atoms with Crippen LogP contribution in [-0.4, -0.2) is 36.5 Å². The number of urea groups is 1. The molecule has 20 heavy (non-hydrogen) atoms. The normalized spacial score (nSPS) is 16.5. The Bertz CT molecular complexity index is 607. The fraction of sp³-hybridized carbons (Fsp3) is 0.214. The zero-order valence-corrected chi connectivity index (χ0v) is 11.2. The molecule has 1 N–H and O–H groups in total. The Morgan fingerprint density at radius 3 is 2.80 bits per heavy atom. The van der Waals surface area contributed by atoms with Gasteiger partial charge in [-0.15, -0.1) is 0 Å². The molecule has 1 aromatic carbocycles. The third-order valence-corrected chi connectivity index (χ3v) is 2.83. The zero-order chi connectivity index (χ0) is 14.7. The predicted octanol–water partition coefficient (Wildman–Crippen LogP) is 1.06. The van der Waals surface area contributed by atoms with Crippen LogP contribution < -0.4 is 5.32 Å². The van der Waals surface area contributed by atoms with Crippen LogP contribution >= 0.6 is 0 Å². The van der Waals surface area contributed by atoms with Crippen molar-refractivity contribution in [3.63, 3.8) is 0 Å². The number of imide groups is 1. The Morgan fingerprint density at radius 2 is 2.15 bits per heavy atom. The van der Waals surface area contributed by atoms with Crippen LogP contribution in [0.25, 0.3) is 6.08 Å². The maximum atomic E-state index is 12.0. The quantitative estimate of drug-likeness (QED) is 0.508. The Labute approximate surface area is 116 Å². The summed E-state index contributed by atoms with van der Waals surface area (Å²) >= 11 is 0. The molecule has 1 aromatic rings. The van der Waals surface area contributed by atoms with Gasteiger partial charge in [-0.3, -0.25) is 9.59 Å². The van der Waals surface area contributed by atoms with E-state index in [1.807, 2.05) is 31.2 Å². The average Bonchev–Trinajstić information content (AvgIpc) is 2.66. The molecule has 3 amide bonds. The molecule has 0 unspecified atom stereocenters. The second-order valence-electron chi connectivity index (χ2n) is 4.37. The molecular formula is C14H14N2O4. The van der Waals surface area contributed by atoms with Crippen LogP contribution in [0.5, 0.6) is 0 Å². The van der Waals surface area contributed by atoms with Gasteiger partial charge < -0.3 is 10.1 Å². The molecule has 1 aliphatic heterocycles. The van der Waals surface area contributed by atoms with Gasteiger partial charge in [0.25, 0.3) is 5.91 Å². The van der Waals surface area contributed by atoms with E-state index in [9.17, 15) is 14.4 Å². The van der Waals surface area contributed by atoms with E-state index in [0.29, 0.717) is 0 Å². The number of hydrogen-bond acceptors (Lipinski definition) is 4. The number of nitrogens with one attached hydrogen (secondary N) is 1. The Hall–Kier alpha value is -2.63. The molecule has 6 heteroatoms. The number of aryl methyl sites for hydroxylation is 1. The van der Waals surface area contributed by atoms with Crippen LogP contribution in [0, 0.1) is 6.92 Å².